The Labute approximate surface area is 149 Å². The molecule has 25 heavy (non-hydrogen) atoms. The molecule has 0 amide bonds. The van der Waals surface area contributed by atoms with Crippen LogP contribution < -0.4 is 5.56 Å². The molecule has 1 aliphatic carbocycles. The summed E-state index contributed by atoms with van der Waals surface area (Å²) in [5.41, 5.74) is 3.84. The molecule has 1 aromatic heterocycles. The number of piperidine rings is 1. The molecule has 4 nitrogen and oxygen atoms in total. The molecule has 1 saturated heterocycles. The molecule has 0 bridgehead atoms. The predicted molar refractivity (Wildman–Crippen MR) is 99.7 cm³/mol. The summed E-state index contributed by atoms with van der Waals surface area (Å²) in [6.45, 7) is 2.70. The van der Waals surface area contributed by atoms with E-state index in [0.717, 1.165) is 44.5 Å². The molecule has 2 aromatic rings. The van der Waals surface area contributed by atoms with Crippen LogP contribution in [-0.4, -0.2) is 27.8 Å². The maximum absolute atomic E-state index is 12.4. The van der Waals surface area contributed by atoms with Crippen LogP contribution in [0.2, 0.25) is 0 Å². The number of benzene rings is 1. The van der Waals surface area contributed by atoms with Crippen molar-refractivity contribution in [2.75, 3.05) is 13.1 Å². The smallest absolute Gasteiger partial charge is 0.268 e. The fraction of sp³-hybridized carbons (Fsp3) is 0.524. The van der Waals surface area contributed by atoms with Crippen molar-refractivity contribution in [1.29, 1.82) is 0 Å². The minimum Gasteiger partial charge on any atom is -0.284 e. The minimum absolute atomic E-state index is 0.0610. The average Bonchev–Trinajstić information content (AvgIpc) is 2.88. The van der Waals surface area contributed by atoms with E-state index >= 15 is 0 Å². The third kappa shape index (κ3) is 3.84. The lowest BCUT2D eigenvalue weighted by Crippen LogP contribution is -2.39. The zero-order chi connectivity index (χ0) is 17.1. The van der Waals surface area contributed by atoms with Gasteiger partial charge in [-0.1, -0.05) is 36.8 Å². The van der Waals surface area contributed by atoms with E-state index in [1.807, 2.05) is 6.07 Å². The van der Waals surface area contributed by atoms with Crippen molar-refractivity contribution < 1.29 is 0 Å². The highest BCUT2D eigenvalue weighted by Crippen LogP contribution is 2.27. The van der Waals surface area contributed by atoms with Crippen LogP contribution in [0.4, 0.5) is 0 Å². The van der Waals surface area contributed by atoms with Gasteiger partial charge in [0.1, 0.15) is 0 Å². The second kappa shape index (κ2) is 7.52. The van der Waals surface area contributed by atoms with Crippen molar-refractivity contribution in [2.24, 2.45) is 0 Å². The number of fused-ring (bicyclic) bond motifs is 1. The summed E-state index contributed by atoms with van der Waals surface area (Å²) in [6, 6.07) is 12.6. The average molecular weight is 337 g/mol. The molecule has 0 spiro atoms. The van der Waals surface area contributed by atoms with Crippen LogP contribution in [0.25, 0.3) is 0 Å². The first-order chi connectivity index (χ1) is 12.3. The van der Waals surface area contributed by atoms with E-state index in [0.29, 0.717) is 12.6 Å². The van der Waals surface area contributed by atoms with Gasteiger partial charge in [0.05, 0.1) is 12.4 Å². The van der Waals surface area contributed by atoms with Crippen LogP contribution in [-0.2, 0) is 19.5 Å². The molecule has 2 heterocycles. The quantitative estimate of drug-likeness (QED) is 0.806. The van der Waals surface area contributed by atoms with Gasteiger partial charge in [0.15, 0.2) is 0 Å². The van der Waals surface area contributed by atoms with Gasteiger partial charge in [-0.3, -0.25) is 9.69 Å². The summed E-state index contributed by atoms with van der Waals surface area (Å²) >= 11 is 0. The van der Waals surface area contributed by atoms with E-state index in [9.17, 15) is 4.79 Å². The molecule has 4 rings (SSSR count). The van der Waals surface area contributed by atoms with Gasteiger partial charge in [-0.25, -0.2) is 4.68 Å². The van der Waals surface area contributed by atoms with Gasteiger partial charge in [-0.2, -0.15) is 5.10 Å². The Balaban J connectivity index is 1.42. The fourth-order valence-electron chi connectivity index (χ4n) is 4.20. The predicted octanol–water partition coefficient (Wildman–Crippen LogP) is 3.35. The minimum atomic E-state index is 0.0610. The Morgan fingerprint density at radius 3 is 2.56 bits per heavy atom. The number of hydrogen-bond acceptors (Lipinski definition) is 3. The van der Waals surface area contributed by atoms with Gasteiger partial charge in [-0.05, 0) is 55.6 Å². The highest BCUT2D eigenvalue weighted by Gasteiger charge is 2.21. The molecule has 2 aliphatic rings. The van der Waals surface area contributed by atoms with E-state index in [1.165, 1.54) is 30.4 Å². The third-order valence-corrected chi connectivity index (χ3v) is 5.72. The SMILES string of the molecule is O=c1cc2c(nn1CN1CCC(c3ccccc3)CC1)CCCCC2. The standard InChI is InChI=1S/C21H27N3O/c25-21-15-19-9-5-2-6-10-20(19)22-24(21)16-23-13-11-18(12-14-23)17-7-3-1-4-8-17/h1,3-4,7-8,15,18H,2,5-6,9-14,16H2. The van der Waals surface area contributed by atoms with Gasteiger partial charge in [0.25, 0.3) is 5.56 Å². The first kappa shape index (κ1) is 16.5. The summed E-state index contributed by atoms with van der Waals surface area (Å²) in [5.74, 6) is 0.647. The van der Waals surface area contributed by atoms with Crippen molar-refractivity contribution >= 4 is 0 Å². The highest BCUT2D eigenvalue weighted by molar-refractivity contribution is 5.20. The normalized spacial score (nSPS) is 19.4. The molecule has 1 aromatic carbocycles. The Bertz CT molecular complexity index is 760. The van der Waals surface area contributed by atoms with E-state index in [1.54, 1.807) is 4.68 Å². The molecule has 4 heteroatoms. The zero-order valence-electron chi connectivity index (χ0n) is 14.9. The lowest BCUT2D eigenvalue weighted by molar-refractivity contribution is 0.157. The number of aryl methyl sites for hydroxylation is 2. The Kier molecular flexibility index (Phi) is 4.97. The largest absolute Gasteiger partial charge is 0.284 e. The second-order valence-electron chi connectivity index (χ2n) is 7.46. The lowest BCUT2D eigenvalue weighted by atomic mass is 9.90. The van der Waals surface area contributed by atoms with Crippen LogP contribution in [0.5, 0.6) is 0 Å². The maximum atomic E-state index is 12.4. The number of rotatable bonds is 3. The zero-order valence-corrected chi connectivity index (χ0v) is 14.9. The van der Waals surface area contributed by atoms with Gasteiger partial charge in [0, 0.05) is 19.2 Å². The summed E-state index contributed by atoms with van der Waals surface area (Å²) < 4.78 is 1.69. The molecule has 1 fully saturated rings. The van der Waals surface area contributed by atoms with Crippen molar-refractivity contribution in [1.82, 2.24) is 14.7 Å². The Hall–Kier alpha value is -1.94. The van der Waals surface area contributed by atoms with Crippen LogP contribution in [0.3, 0.4) is 0 Å². The number of aromatic nitrogens is 2. The summed E-state index contributed by atoms with van der Waals surface area (Å²) in [5, 5.41) is 4.71. The third-order valence-electron chi connectivity index (χ3n) is 5.72. The van der Waals surface area contributed by atoms with Crippen LogP contribution in [0.15, 0.2) is 41.2 Å². The Morgan fingerprint density at radius 2 is 1.76 bits per heavy atom. The van der Waals surface area contributed by atoms with Crippen LogP contribution >= 0.6 is 0 Å². The van der Waals surface area contributed by atoms with Crippen LogP contribution in [0.1, 0.15) is 54.8 Å². The van der Waals surface area contributed by atoms with Gasteiger partial charge >= 0.3 is 0 Å². The molecular formula is C21H27N3O. The first-order valence-electron chi connectivity index (χ1n) is 9.67. The van der Waals surface area contributed by atoms with Crippen molar-refractivity contribution in [3.8, 4) is 0 Å². The molecule has 0 saturated carbocycles. The van der Waals surface area contributed by atoms with E-state index < -0.39 is 0 Å². The number of hydrogen-bond donors (Lipinski definition) is 0. The molecule has 1 aliphatic heterocycles. The molecule has 0 N–H and O–H groups in total. The molecular weight excluding hydrogens is 310 g/mol. The molecule has 0 radical (unpaired) electrons. The fourth-order valence-corrected chi connectivity index (χ4v) is 4.20. The highest BCUT2D eigenvalue weighted by atomic mass is 16.1. The number of nitrogens with zero attached hydrogens (tertiary/aromatic N) is 3. The van der Waals surface area contributed by atoms with Gasteiger partial charge in [0.2, 0.25) is 0 Å². The molecule has 0 unspecified atom stereocenters. The van der Waals surface area contributed by atoms with Gasteiger partial charge < -0.3 is 0 Å². The summed E-state index contributed by atoms with van der Waals surface area (Å²) in [7, 11) is 0. The monoisotopic (exact) mass is 337 g/mol. The van der Waals surface area contributed by atoms with E-state index in [-0.39, 0.29) is 5.56 Å². The molecule has 132 valence electrons. The van der Waals surface area contributed by atoms with E-state index in [4.69, 9.17) is 5.10 Å². The van der Waals surface area contributed by atoms with Gasteiger partial charge in [-0.15, -0.1) is 0 Å². The molecule has 0 atom stereocenters. The second-order valence-corrected chi connectivity index (χ2v) is 7.46. The summed E-state index contributed by atoms with van der Waals surface area (Å²) in [4.78, 5) is 14.8. The van der Waals surface area contributed by atoms with E-state index in [2.05, 4.69) is 35.2 Å². The maximum Gasteiger partial charge on any atom is 0.268 e. The first-order valence-corrected chi connectivity index (χ1v) is 9.67. The number of likely N-dealkylation sites (tertiary alicyclic amines) is 1. The van der Waals surface area contributed by atoms with Crippen LogP contribution in [0, 0.1) is 0 Å². The van der Waals surface area contributed by atoms with Crippen molar-refractivity contribution in [2.45, 2.75) is 57.5 Å². The van der Waals surface area contributed by atoms with Crippen molar-refractivity contribution in [3.63, 3.8) is 0 Å². The summed E-state index contributed by atoms with van der Waals surface area (Å²) in [6.07, 6.45) is 7.98. The lowest BCUT2D eigenvalue weighted by Gasteiger charge is -2.32. The van der Waals surface area contributed by atoms with Crippen molar-refractivity contribution in [3.05, 3.63) is 63.6 Å². The topological polar surface area (TPSA) is 38.1 Å². The Morgan fingerprint density at radius 1 is 1.00 bits per heavy atom.